The summed E-state index contributed by atoms with van der Waals surface area (Å²) in [5.74, 6) is -5.67. The van der Waals surface area contributed by atoms with Gasteiger partial charge in [0.25, 0.3) is 0 Å². The van der Waals surface area contributed by atoms with Crippen molar-refractivity contribution in [3.05, 3.63) is 0 Å². The van der Waals surface area contributed by atoms with Gasteiger partial charge in [0.15, 0.2) is 0 Å². The van der Waals surface area contributed by atoms with E-state index in [1.807, 2.05) is 0 Å². The van der Waals surface area contributed by atoms with E-state index in [4.69, 9.17) is 25.2 Å². The highest BCUT2D eigenvalue weighted by molar-refractivity contribution is 5.78. The Labute approximate surface area is 222 Å². The van der Waals surface area contributed by atoms with Gasteiger partial charge in [-0.25, -0.2) is 0 Å². The van der Waals surface area contributed by atoms with E-state index in [0.717, 1.165) is 90.3 Å². The van der Waals surface area contributed by atoms with E-state index in [1.165, 1.54) is 25.7 Å². The summed E-state index contributed by atoms with van der Waals surface area (Å²) in [6, 6.07) is 0. The van der Waals surface area contributed by atoms with Crippen LogP contribution in [0.4, 0.5) is 0 Å². The van der Waals surface area contributed by atoms with Gasteiger partial charge in [-0.3, -0.25) is 19.2 Å². The summed E-state index contributed by atoms with van der Waals surface area (Å²) >= 11 is 0. The van der Waals surface area contributed by atoms with Crippen LogP contribution in [0.25, 0.3) is 0 Å². The number of ether oxygens (including phenoxy) is 1. The van der Waals surface area contributed by atoms with E-state index >= 15 is 0 Å². The van der Waals surface area contributed by atoms with Crippen LogP contribution in [0.15, 0.2) is 0 Å². The molecular formula is C28H50O9. The molecule has 0 amide bonds. The third-order valence-corrected chi connectivity index (χ3v) is 6.72. The summed E-state index contributed by atoms with van der Waals surface area (Å²) in [5, 5.41) is 35.5. The first-order chi connectivity index (χ1) is 17.7. The lowest BCUT2D eigenvalue weighted by molar-refractivity contribution is -0.148. The average Bonchev–Trinajstić information content (AvgIpc) is 2.82. The summed E-state index contributed by atoms with van der Waals surface area (Å²) < 4.78 is 5.71. The number of carboxylic acids is 4. The molecule has 4 N–H and O–H groups in total. The molecule has 0 aliphatic heterocycles. The first-order valence-corrected chi connectivity index (χ1v) is 14.2. The Balaban J connectivity index is 3.33. The van der Waals surface area contributed by atoms with Crippen LogP contribution in [0.1, 0.15) is 128 Å². The predicted molar refractivity (Wildman–Crippen MR) is 141 cm³/mol. The fourth-order valence-electron chi connectivity index (χ4n) is 4.46. The van der Waals surface area contributed by atoms with Gasteiger partial charge in [-0.05, 0) is 25.7 Å². The van der Waals surface area contributed by atoms with Crippen LogP contribution < -0.4 is 0 Å². The molecule has 0 aromatic heterocycles. The van der Waals surface area contributed by atoms with Crippen molar-refractivity contribution in [3.63, 3.8) is 0 Å². The highest BCUT2D eigenvalue weighted by Gasteiger charge is 2.21. The minimum atomic E-state index is -1.05. The molecule has 0 bridgehead atoms. The van der Waals surface area contributed by atoms with Crippen LogP contribution in [0, 0.1) is 11.8 Å². The Morgan fingerprint density at radius 2 is 0.703 bits per heavy atom. The SMILES string of the molecule is O=C(O)CC(CCCCCCCCCCOCCCCCCCCCCC(CC(=O)O)C(=O)O)C(=O)O. The summed E-state index contributed by atoms with van der Waals surface area (Å²) in [6.07, 6.45) is 17.3. The van der Waals surface area contributed by atoms with E-state index in [0.29, 0.717) is 12.8 Å². The summed E-state index contributed by atoms with van der Waals surface area (Å²) in [4.78, 5) is 43.4. The van der Waals surface area contributed by atoms with Crippen molar-refractivity contribution in [1.29, 1.82) is 0 Å². The maximum Gasteiger partial charge on any atom is 0.307 e. The number of hydrogen-bond acceptors (Lipinski definition) is 5. The first-order valence-electron chi connectivity index (χ1n) is 14.2. The highest BCUT2D eigenvalue weighted by Crippen LogP contribution is 2.17. The van der Waals surface area contributed by atoms with Crippen LogP contribution in [0.2, 0.25) is 0 Å². The van der Waals surface area contributed by atoms with Crippen molar-refractivity contribution in [3.8, 4) is 0 Å². The molecule has 0 aliphatic carbocycles. The second-order valence-electron chi connectivity index (χ2n) is 10.1. The molecule has 0 saturated heterocycles. The third kappa shape index (κ3) is 24.0. The van der Waals surface area contributed by atoms with Crippen LogP contribution >= 0.6 is 0 Å². The van der Waals surface area contributed by atoms with Crippen LogP contribution in [0.5, 0.6) is 0 Å². The maximum atomic E-state index is 11.0. The highest BCUT2D eigenvalue weighted by atomic mass is 16.5. The molecule has 0 saturated carbocycles. The molecule has 0 rings (SSSR count). The minimum Gasteiger partial charge on any atom is -0.481 e. The Bertz CT molecular complexity index is 569. The molecule has 2 unspecified atom stereocenters. The molecule has 0 aromatic rings. The van der Waals surface area contributed by atoms with Gasteiger partial charge in [-0.2, -0.15) is 0 Å². The molecule has 2 atom stereocenters. The number of unbranched alkanes of at least 4 members (excludes halogenated alkanes) is 14. The summed E-state index contributed by atoms with van der Waals surface area (Å²) in [7, 11) is 0. The third-order valence-electron chi connectivity index (χ3n) is 6.72. The molecule has 0 heterocycles. The van der Waals surface area contributed by atoms with Gasteiger partial charge in [0.1, 0.15) is 0 Å². The number of carbonyl (C=O) groups is 4. The van der Waals surface area contributed by atoms with Crippen LogP contribution in [0.3, 0.4) is 0 Å². The standard InChI is InChI=1S/C28H50O9/c29-25(30)21-23(27(33)34)17-13-9-5-1-3-7-11-15-19-37-20-16-12-8-4-2-6-10-14-18-24(28(35)36)22-26(31)32/h23-24H,1-22H2,(H,29,30)(H,31,32)(H,33,34)(H,35,36). The second kappa shape index (κ2) is 24.2. The molecule has 0 aromatic carbocycles. The maximum absolute atomic E-state index is 11.0. The van der Waals surface area contributed by atoms with E-state index in [-0.39, 0.29) is 12.8 Å². The van der Waals surface area contributed by atoms with Gasteiger partial charge in [0, 0.05) is 13.2 Å². The average molecular weight is 531 g/mol. The van der Waals surface area contributed by atoms with Crippen molar-refractivity contribution in [2.75, 3.05) is 13.2 Å². The molecule has 0 radical (unpaired) electrons. The molecule has 0 spiro atoms. The van der Waals surface area contributed by atoms with Crippen LogP contribution in [-0.4, -0.2) is 57.5 Å². The van der Waals surface area contributed by atoms with Gasteiger partial charge in [-0.1, -0.05) is 89.9 Å². The Morgan fingerprint density at radius 1 is 0.432 bits per heavy atom. The zero-order chi connectivity index (χ0) is 27.7. The number of rotatable bonds is 28. The topological polar surface area (TPSA) is 158 Å². The van der Waals surface area contributed by atoms with Crippen molar-refractivity contribution < 1.29 is 44.3 Å². The first kappa shape index (κ1) is 34.8. The van der Waals surface area contributed by atoms with E-state index in [1.54, 1.807) is 0 Å². The van der Waals surface area contributed by atoms with E-state index < -0.39 is 35.7 Å². The van der Waals surface area contributed by atoms with Crippen molar-refractivity contribution in [2.45, 2.75) is 128 Å². The Morgan fingerprint density at radius 3 is 0.973 bits per heavy atom. The molecule has 0 aliphatic rings. The fourth-order valence-corrected chi connectivity index (χ4v) is 4.46. The fraction of sp³-hybridized carbons (Fsp3) is 0.857. The van der Waals surface area contributed by atoms with E-state index in [9.17, 15) is 19.2 Å². The summed E-state index contributed by atoms with van der Waals surface area (Å²) in [5.41, 5.74) is 0. The normalized spacial score (nSPS) is 12.8. The molecular weight excluding hydrogens is 480 g/mol. The van der Waals surface area contributed by atoms with Crippen molar-refractivity contribution >= 4 is 23.9 Å². The summed E-state index contributed by atoms with van der Waals surface area (Å²) in [6.45, 7) is 1.61. The second-order valence-corrected chi connectivity index (χ2v) is 10.1. The lowest BCUT2D eigenvalue weighted by Gasteiger charge is -2.09. The molecule has 216 valence electrons. The number of hydrogen-bond donors (Lipinski definition) is 4. The predicted octanol–water partition coefficient (Wildman–Crippen LogP) is 6.38. The van der Waals surface area contributed by atoms with Gasteiger partial charge in [0.2, 0.25) is 0 Å². The molecule has 9 nitrogen and oxygen atoms in total. The Hall–Kier alpha value is -2.16. The van der Waals surface area contributed by atoms with Gasteiger partial charge in [0.05, 0.1) is 24.7 Å². The molecule has 37 heavy (non-hydrogen) atoms. The van der Waals surface area contributed by atoms with Gasteiger partial charge >= 0.3 is 23.9 Å². The zero-order valence-electron chi connectivity index (χ0n) is 22.5. The number of carboxylic acid groups (broad SMARTS) is 4. The minimum absolute atomic E-state index is 0.295. The van der Waals surface area contributed by atoms with Gasteiger partial charge in [-0.15, -0.1) is 0 Å². The monoisotopic (exact) mass is 530 g/mol. The number of aliphatic carboxylic acids is 4. The lowest BCUT2D eigenvalue weighted by atomic mass is 9.97. The molecule has 0 fully saturated rings. The van der Waals surface area contributed by atoms with Crippen molar-refractivity contribution in [2.24, 2.45) is 11.8 Å². The largest absolute Gasteiger partial charge is 0.481 e. The van der Waals surface area contributed by atoms with E-state index in [2.05, 4.69) is 0 Å². The van der Waals surface area contributed by atoms with Gasteiger partial charge < -0.3 is 25.2 Å². The van der Waals surface area contributed by atoms with Crippen LogP contribution in [-0.2, 0) is 23.9 Å². The zero-order valence-corrected chi connectivity index (χ0v) is 22.5. The molecule has 9 heteroatoms. The van der Waals surface area contributed by atoms with Crippen molar-refractivity contribution in [1.82, 2.24) is 0 Å². The lowest BCUT2D eigenvalue weighted by Crippen LogP contribution is -2.17. The quantitative estimate of drug-likeness (QED) is 0.0842. The Kier molecular flexibility index (Phi) is 22.8. The smallest absolute Gasteiger partial charge is 0.307 e.